The van der Waals surface area contributed by atoms with Gasteiger partial charge in [0.25, 0.3) is 0 Å². The lowest BCUT2D eigenvalue weighted by Crippen LogP contribution is -2.25. The molecule has 0 aromatic carbocycles. The fourth-order valence-electron chi connectivity index (χ4n) is 1.77. The van der Waals surface area contributed by atoms with Gasteiger partial charge in [-0.05, 0) is 31.5 Å². The summed E-state index contributed by atoms with van der Waals surface area (Å²) >= 11 is 0. The first-order valence-electron chi connectivity index (χ1n) is 6.72. The van der Waals surface area contributed by atoms with Crippen LogP contribution in [0.3, 0.4) is 0 Å². The summed E-state index contributed by atoms with van der Waals surface area (Å²) in [7, 11) is 2.08. The smallest absolute Gasteiger partial charge is 0.0641 e. The molecule has 1 aromatic rings. The lowest BCUT2D eigenvalue weighted by molar-refractivity contribution is 0.154. The number of likely N-dealkylation sites (N-methyl/N-ethyl adjacent to an activating group) is 1. The van der Waals surface area contributed by atoms with Crippen molar-refractivity contribution in [3.05, 3.63) is 24.0 Å². The number of hydrogen-bond donors (Lipinski definition) is 1. The van der Waals surface area contributed by atoms with Gasteiger partial charge in [-0.3, -0.25) is 4.98 Å². The molecule has 0 aliphatic rings. The van der Waals surface area contributed by atoms with Crippen LogP contribution >= 0.6 is 0 Å². The molecular weight excluding hydrogens is 226 g/mol. The van der Waals surface area contributed by atoms with E-state index in [4.69, 9.17) is 4.74 Å². The van der Waals surface area contributed by atoms with Gasteiger partial charge in [-0.15, -0.1) is 0 Å². The second-order valence-electron chi connectivity index (χ2n) is 4.30. The van der Waals surface area contributed by atoms with Crippen LogP contribution in [-0.4, -0.2) is 38.3 Å². The molecule has 1 N–H and O–H groups in total. The van der Waals surface area contributed by atoms with E-state index in [1.165, 1.54) is 11.3 Å². The van der Waals surface area contributed by atoms with Crippen molar-refractivity contribution < 1.29 is 4.74 Å². The fraction of sp³-hybridized carbons (Fsp3) is 0.643. The molecule has 0 atom stereocenters. The number of aromatic nitrogens is 1. The molecule has 1 aromatic heterocycles. The Kier molecular flexibility index (Phi) is 7.37. The van der Waals surface area contributed by atoms with E-state index in [1.54, 1.807) is 0 Å². The van der Waals surface area contributed by atoms with Crippen LogP contribution < -0.4 is 10.2 Å². The highest BCUT2D eigenvalue weighted by molar-refractivity contribution is 5.50. The van der Waals surface area contributed by atoms with Crippen molar-refractivity contribution in [3.63, 3.8) is 0 Å². The van der Waals surface area contributed by atoms with Crippen molar-refractivity contribution in [1.29, 1.82) is 0 Å². The van der Waals surface area contributed by atoms with Crippen LogP contribution in [0.15, 0.2) is 18.5 Å². The first kappa shape index (κ1) is 14.9. The molecule has 1 heterocycles. The van der Waals surface area contributed by atoms with Crippen LogP contribution in [0, 0.1) is 0 Å². The second-order valence-corrected chi connectivity index (χ2v) is 4.30. The number of hydrogen-bond acceptors (Lipinski definition) is 4. The van der Waals surface area contributed by atoms with Crippen molar-refractivity contribution in [2.24, 2.45) is 0 Å². The van der Waals surface area contributed by atoms with E-state index in [2.05, 4.69) is 35.2 Å². The van der Waals surface area contributed by atoms with E-state index >= 15 is 0 Å². The molecule has 0 unspecified atom stereocenters. The Morgan fingerprint density at radius 2 is 2.22 bits per heavy atom. The average Bonchev–Trinajstić information content (AvgIpc) is 2.40. The lowest BCUT2D eigenvalue weighted by Gasteiger charge is -2.22. The normalized spacial score (nSPS) is 10.6. The van der Waals surface area contributed by atoms with Crippen LogP contribution in [0.1, 0.15) is 25.8 Å². The SMILES string of the molecule is CCCNCc1ccncc1N(C)CCOCC. The van der Waals surface area contributed by atoms with Crippen LogP contribution in [0.2, 0.25) is 0 Å². The Morgan fingerprint density at radius 3 is 2.94 bits per heavy atom. The highest BCUT2D eigenvalue weighted by Crippen LogP contribution is 2.17. The Bertz CT molecular complexity index is 331. The molecule has 0 aliphatic carbocycles. The third-order valence-corrected chi connectivity index (χ3v) is 2.82. The standard InChI is InChI=1S/C14H25N3O/c1-4-7-15-11-13-6-8-16-12-14(13)17(3)9-10-18-5-2/h6,8,12,15H,4-5,7,9-11H2,1-3H3. The third-order valence-electron chi connectivity index (χ3n) is 2.82. The number of rotatable bonds is 9. The third kappa shape index (κ3) is 5.02. The van der Waals surface area contributed by atoms with Gasteiger partial charge in [-0.25, -0.2) is 0 Å². The summed E-state index contributed by atoms with van der Waals surface area (Å²) in [6.07, 6.45) is 4.93. The minimum atomic E-state index is 0.754. The maximum atomic E-state index is 5.39. The van der Waals surface area contributed by atoms with Crippen molar-refractivity contribution in [2.75, 3.05) is 38.3 Å². The number of anilines is 1. The minimum Gasteiger partial charge on any atom is -0.380 e. The molecule has 18 heavy (non-hydrogen) atoms. The van der Waals surface area contributed by atoms with Gasteiger partial charge in [0.05, 0.1) is 18.5 Å². The van der Waals surface area contributed by atoms with Gasteiger partial charge in [-0.1, -0.05) is 6.92 Å². The van der Waals surface area contributed by atoms with E-state index in [0.717, 1.165) is 39.3 Å². The molecule has 0 aliphatic heterocycles. The number of pyridine rings is 1. The summed E-state index contributed by atoms with van der Waals surface area (Å²) in [6.45, 7) is 8.55. The molecule has 0 radical (unpaired) electrons. The molecule has 4 heteroatoms. The predicted octanol–water partition coefficient (Wildman–Crippen LogP) is 2.05. The van der Waals surface area contributed by atoms with Gasteiger partial charge in [0, 0.05) is 32.9 Å². The Balaban J connectivity index is 2.56. The zero-order valence-electron chi connectivity index (χ0n) is 11.8. The van der Waals surface area contributed by atoms with Gasteiger partial charge in [0.1, 0.15) is 0 Å². The monoisotopic (exact) mass is 251 g/mol. The van der Waals surface area contributed by atoms with Gasteiger partial charge in [0.2, 0.25) is 0 Å². The predicted molar refractivity (Wildman–Crippen MR) is 76.0 cm³/mol. The van der Waals surface area contributed by atoms with Crippen LogP contribution in [0.5, 0.6) is 0 Å². The largest absolute Gasteiger partial charge is 0.380 e. The van der Waals surface area contributed by atoms with Crippen molar-refractivity contribution in [1.82, 2.24) is 10.3 Å². The molecule has 0 saturated carbocycles. The number of ether oxygens (including phenoxy) is 1. The maximum Gasteiger partial charge on any atom is 0.0641 e. The van der Waals surface area contributed by atoms with Gasteiger partial charge in [-0.2, -0.15) is 0 Å². The van der Waals surface area contributed by atoms with Gasteiger partial charge < -0.3 is 15.0 Å². The fourth-order valence-corrected chi connectivity index (χ4v) is 1.77. The van der Waals surface area contributed by atoms with E-state index in [0.29, 0.717) is 0 Å². The Labute approximate surface area is 110 Å². The molecular formula is C14H25N3O. The lowest BCUT2D eigenvalue weighted by atomic mass is 10.2. The quantitative estimate of drug-likeness (QED) is 0.682. The highest BCUT2D eigenvalue weighted by Gasteiger charge is 2.06. The summed E-state index contributed by atoms with van der Waals surface area (Å²) < 4.78 is 5.39. The molecule has 0 amide bonds. The van der Waals surface area contributed by atoms with E-state index in [9.17, 15) is 0 Å². The van der Waals surface area contributed by atoms with Crippen LogP contribution in [0.25, 0.3) is 0 Å². The summed E-state index contributed by atoms with van der Waals surface area (Å²) in [5.41, 5.74) is 2.47. The maximum absolute atomic E-state index is 5.39. The molecule has 102 valence electrons. The van der Waals surface area contributed by atoms with Crippen molar-refractivity contribution >= 4 is 5.69 Å². The molecule has 1 rings (SSSR count). The molecule has 0 fully saturated rings. The van der Waals surface area contributed by atoms with Crippen molar-refractivity contribution in [2.45, 2.75) is 26.8 Å². The topological polar surface area (TPSA) is 37.4 Å². The second kappa shape index (κ2) is 8.89. The summed E-state index contributed by atoms with van der Waals surface area (Å²) in [5, 5.41) is 3.43. The van der Waals surface area contributed by atoms with Crippen molar-refractivity contribution in [3.8, 4) is 0 Å². The summed E-state index contributed by atoms with van der Waals surface area (Å²) in [6, 6.07) is 2.08. The molecule has 0 spiro atoms. The van der Waals surface area contributed by atoms with Crippen LogP contribution in [-0.2, 0) is 11.3 Å². The highest BCUT2D eigenvalue weighted by atomic mass is 16.5. The van der Waals surface area contributed by atoms with Gasteiger partial charge >= 0.3 is 0 Å². The average molecular weight is 251 g/mol. The number of nitrogens with zero attached hydrogens (tertiary/aromatic N) is 2. The Morgan fingerprint density at radius 1 is 1.39 bits per heavy atom. The van der Waals surface area contributed by atoms with E-state index in [1.807, 2.05) is 19.3 Å². The first-order valence-corrected chi connectivity index (χ1v) is 6.72. The van der Waals surface area contributed by atoms with Gasteiger partial charge in [0.15, 0.2) is 0 Å². The Hall–Kier alpha value is -1.13. The van der Waals surface area contributed by atoms with E-state index < -0.39 is 0 Å². The molecule has 0 saturated heterocycles. The number of nitrogens with one attached hydrogen (secondary N) is 1. The zero-order valence-corrected chi connectivity index (χ0v) is 11.8. The summed E-state index contributed by atoms with van der Waals surface area (Å²) in [5.74, 6) is 0. The summed E-state index contributed by atoms with van der Waals surface area (Å²) in [4.78, 5) is 6.41. The first-order chi connectivity index (χ1) is 8.79. The zero-order chi connectivity index (χ0) is 13.2. The van der Waals surface area contributed by atoms with Crippen LogP contribution in [0.4, 0.5) is 5.69 Å². The molecule has 4 nitrogen and oxygen atoms in total. The minimum absolute atomic E-state index is 0.754. The molecule has 0 bridgehead atoms. The van der Waals surface area contributed by atoms with E-state index in [-0.39, 0.29) is 0 Å².